The molecule has 0 spiro atoms. The van der Waals surface area contributed by atoms with Crippen LogP contribution in [0, 0.1) is 0 Å². The lowest BCUT2D eigenvalue weighted by Crippen LogP contribution is -2.44. The van der Waals surface area contributed by atoms with Crippen molar-refractivity contribution in [3.8, 4) is 5.75 Å². The maximum Gasteiger partial charge on any atom is 0.238 e. The van der Waals surface area contributed by atoms with Gasteiger partial charge in [-0.15, -0.1) is 0 Å². The minimum absolute atomic E-state index is 0.0376. The van der Waals surface area contributed by atoms with Gasteiger partial charge in [0.1, 0.15) is 5.75 Å². The second-order valence-corrected chi connectivity index (χ2v) is 5.38. The Bertz CT molecular complexity index is 463. The lowest BCUT2D eigenvalue weighted by atomic mass is 10.00. The van der Waals surface area contributed by atoms with Crippen LogP contribution in [-0.2, 0) is 4.79 Å². The molecule has 2 N–H and O–H groups in total. The largest absolute Gasteiger partial charge is 0.495 e. The fourth-order valence-electron chi connectivity index (χ4n) is 2.87. The minimum atomic E-state index is -0.0376. The normalized spacial score (nSPS) is 19.2. The Balaban J connectivity index is 1.94. The van der Waals surface area contributed by atoms with Gasteiger partial charge in [-0.25, -0.2) is 0 Å². The monoisotopic (exact) mass is 292 g/mol. The first-order valence-corrected chi connectivity index (χ1v) is 7.52. The van der Waals surface area contributed by atoms with Gasteiger partial charge < -0.3 is 15.2 Å². The average molecular weight is 292 g/mol. The fraction of sp³-hybridized carbons (Fsp3) is 0.562. The molecule has 1 aliphatic rings. The zero-order valence-electron chi connectivity index (χ0n) is 12.5. The van der Waals surface area contributed by atoms with Crippen LogP contribution in [0.1, 0.15) is 25.7 Å². The number of piperidine rings is 1. The highest BCUT2D eigenvalue weighted by atomic mass is 16.5. The Morgan fingerprint density at radius 1 is 1.43 bits per heavy atom. The van der Waals surface area contributed by atoms with Crippen molar-refractivity contribution in [3.63, 3.8) is 0 Å². The molecular formula is C16H24N2O3. The number of aliphatic hydroxyl groups is 1. The number of nitrogens with zero attached hydrogens (tertiary/aromatic N) is 1. The molecule has 1 fully saturated rings. The molecule has 0 bridgehead atoms. The van der Waals surface area contributed by atoms with E-state index in [-0.39, 0.29) is 12.5 Å². The van der Waals surface area contributed by atoms with Gasteiger partial charge >= 0.3 is 0 Å². The maximum absolute atomic E-state index is 12.2. The minimum Gasteiger partial charge on any atom is -0.495 e. The summed E-state index contributed by atoms with van der Waals surface area (Å²) >= 11 is 0. The number of carbonyl (C=O) groups is 1. The summed E-state index contributed by atoms with van der Waals surface area (Å²) in [4.78, 5) is 14.4. The van der Waals surface area contributed by atoms with E-state index in [2.05, 4.69) is 10.2 Å². The molecule has 1 amide bonds. The molecule has 1 aromatic carbocycles. The highest BCUT2D eigenvalue weighted by molar-refractivity contribution is 5.93. The van der Waals surface area contributed by atoms with E-state index in [1.807, 2.05) is 24.3 Å². The molecule has 1 unspecified atom stereocenters. The SMILES string of the molecule is COc1ccccc1NC(=O)CN1CCCCC1CCO. The third-order valence-electron chi connectivity index (χ3n) is 3.94. The summed E-state index contributed by atoms with van der Waals surface area (Å²) in [6, 6.07) is 7.71. The molecule has 2 rings (SSSR count). The highest BCUT2D eigenvalue weighted by Gasteiger charge is 2.23. The van der Waals surface area contributed by atoms with Crippen molar-refractivity contribution >= 4 is 11.6 Å². The summed E-state index contributed by atoms with van der Waals surface area (Å²) < 4.78 is 5.23. The van der Waals surface area contributed by atoms with Crippen molar-refractivity contribution in [2.45, 2.75) is 31.7 Å². The van der Waals surface area contributed by atoms with E-state index < -0.39 is 0 Å². The number of para-hydroxylation sites is 2. The van der Waals surface area contributed by atoms with Crippen LogP contribution >= 0.6 is 0 Å². The second kappa shape index (κ2) is 8.00. The van der Waals surface area contributed by atoms with E-state index >= 15 is 0 Å². The molecule has 21 heavy (non-hydrogen) atoms. The lowest BCUT2D eigenvalue weighted by Gasteiger charge is -2.34. The molecule has 0 saturated carbocycles. The molecule has 1 aliphatic heterocycles. The molecule has 116 valence electrons. The Hall–Kier alpha value is -1.59. The van der Waals surface area contributed by atoms with Crippen molar-refractivity contribution in [1.29, 1.82) is 0 Å². The van der Waals surface area contributed by atoms with Gasteiger partial charge in [-0.1, -0.05) is 18.6 Å². The van der Waals surface area contributed by atoms with Gasteiger partial charge in [-0.3, -0.25) is 9.69 Å². The first-order chi connectivity index (χ1) is 10.2. The van der Waals surface area contributed by atoms with E-state index in [1.165, 1.54) is 6.42 Å². The van der Waals surface area contributed by atoms with Crippen molar-refractivity contribution in [3.05, 3.63) is 24.3 Å². The van der Waals surface area contributed by atoms with Gasteiger partial charge in [0.2, 0.25) is 5.91 Å². The van der Waals surface area contributed by atoms with Crippen molar-refractivity contribution in [1.82, 2.24) is 4.90 Å². The topological polar surface area (TPSA) is 61.8 Å². The highest BCUT2D eigenvalue weighted by Crippen LogP contribution is 2.23. The van der Waals surface area contributed by atoms with Gasteiger partial charge in [-0.2, -0.15) is 0 Å². The van der Waals surface area contributed by atoms with Gasteiger partial charge in [0, 0.05) is 12.6 Å². The van der Waals surface area contributed by atoms with Gasteiger partial charge in [0.15, 0.2) is 0 Å². The van der Waals surface area contributed by atoms with Crippen LogP contribution in [0.4, 0.5) is 5.69 Å². The van der Waals surface area contributed by atoms with E-state index in [9.17, 15) is 4.79 Å². The van der Waals surface area contributed by atoms with Gasteiger partial charge in [-0.05, 0) is 37.9 Å². The van der Waals surface area contributed by atoms with Crippen LogP contribution < -0.4 is 10.1 Å². The van der Waals surface area contributed by atoms with E-state index in [4.69, 9.17) is 9.84 Å². The second-order valence-electron chi connectivity index (χ2n) is 5.38. The van der Waals surface area contributed by atoms with Crippen molar-refractivity contribution in [2.75, 3.05) is 32.1 Å². The molecule has 1 aromatic rings. The smallest absolute Gasteiger partial charge is 0.238 e. The van der Waals surface area contributed by atoms with E-state index in [0.29, 0.717) is 24.0 Å². The summed E-state index contributed by atoms with van der Waals surface area (Å²) in [7, 11) is 1.59. The molecule has 0 aliphatic carbocycles. The molecule has 0 aromatic heterocycles. The van der Waals surface area contributed by atoms with Crippen LogP contribution in [0.25, 0.3) is 0 Å². The molecule has 5 nitrogen and oxygen atoms in total. The summed E-state index contributed by atoms with van der Waals surface area (Å²) in [6.45, 7) is 1.46. The number of rotatable bonds is 6. The third-order valence-corrected chi connectivity index (χ3v) is 3.94. The fourth-order valence-corrected chi connectivity index (χ4v) is 2.87. The van der Waals surface area contributed by atoms with Crippen LogP contribution in [-0.4, -0.2) is 48.8 Å². The predicted octanol–water partition coefficient (Wildman–Crippen LogP) is 1.87. The Morgan fingerprint density at radius 2 is 2.24 bits per heavy atom. The number of amides is 1. The summed E-state index contributed by atoms with van der Waals surface area (Å²) in [5.41, 5.74) is 0.695. The summed E-state index contributed by atoms with van der Waals surface area (Å²) in [5, 5.41) is 12.0. The van der Waals surface area contributed by atoms with Crippen LogP contribution in [0.15, 0.2) is 24.3 Å². The summed E-state index contributed by atoms with van der Waals surface area (Å²) in [6.07, 6.45) is 4.09. The van der Waals surface area contributed by atoms with Crippen LogP contribution in [0.3, 0.4) is 0 Å². The Morgan fingerprint density at radius 3 is 3.00 bits per heavy atom. The molecule has 1 atom stereocenters. The number of ether oxygens (including phenoxy) is 1. The number of hydrogen-bond donors (Lipinski definition) is 2. The van der Waals surface area contributed by atoms with Gasteiger partial charge in [0.05, 0.1) is 19.3 Å². The molecule has 0 radical (unpaired) electrons. The number of benzene rings is 1. The molecule has 1 heterocycles. The number of anilines is 1. The zero-order chi connectivity index (χ0) is 15.1. The lowest BCUT2D eigenvalue weighted by molar-refractivity contribution is -0.118. The number of likely N-dealkylation sites (tertiary alicyclic amines) is 1. The molecule has 5 heteroatoms. The Kier molecular flexibility index (Phi) is 6.02. The number of nitrogens with one attached hydrogen (secondary N) is 1. The van der Waals surface area contributed by atoms with Crippen LogP contribution in [0.2, 0.25) is 0 Å². The standard InChI is InChI=1S/C16H24N2O3/c1-21-15-8-3-2-7-14(15)17-16(20)12-18-10-5-4-6-13(18)9-11-19/h2-3,7-8,13,19H,4-6,9-12H2,1H3,(H,17,20). The zero-order valence-corrected chi connectivity index (χ0v) is 12.5. The van der Waals surface area contributed by atoms with Gasteiger partial charge in [0.25, 0.3) is 0 Å². The maximum atomic E-state index is 12.2. The van der Waals surface area contributed by atoms with E-state index in [1.54, 1.807) is 7.11 Å². The molecular weight excluding hydrogens is 268 g/mol. The number of carbonyl (C=O) groups excluding carboxylic acids is 1. The third kappa shape index (κ3) is 4.44. The number of methoxy groups -OCH3 is 1. The first kappa shape index (κ1) is 15.8. The first-order valence-electron chi connectivity index (χ1n) is 7.52. The predicted molar refractivity (Wildman–Crippen MR) is 82.5 cm³/mol. The average Bonchev–Trinajstić information content (AvgIpc) is 2.50. The number of aliphatic hydroxyl groups excluding tert-OH is 1. The number of hydrogen-bond acceptors (Lipinski definition) is 4. The molecule has 1 saturated heterocycles. The summed E-state index contributed by atoms with van der Waals surface area (Å²) in [5.74, 6) is 0.626. The van der Waals surface area contributed by atoms with Crippen molar-refractivity contribution in [2.24, 2.45) is 0 Å². The quantitative estimate of drug-likeness (QED) is 0.840. The Labute approximate surface area is 125 Å². The van der Waals surface area contributed by atoms with Crippen molar-refractivity contribution < 1.29 is 14.6 Å². The van der Waals surface area contributed by atoms with E-state index in [0.717, 1.165) is 25.8 Å². The van der Waals surface area contributed by atoms with Crippen LogP contribution in [0.5, 0.6) is 5.75 Å².